The quantitative estimate of drug-likeness (QED) is 0.943. The van der Waals surface area contributed by atoms with Crippen molar-refractivity contribution in [3.8, 4) is 0 Å². The molecule has 0 saturated heterocycles. The van der Waals surface area contributed by atoms with E-state index in [-0.39, 0.29) is 17.0 Å². The molecule has 0 unspecified atom stereocenters. The van der Waals surface area contributed by atoms with Gasteiger partial charge in [0.25, 0.3) is 11.5 Å². The summed E-state index contributed by atoms with van der Waals surface area (Å²) in [6.45, 7) is 4.82. The molecule has 1 aliphatic heterocycles. The van der Waals surface area contributed by atoms with Crippen molar-refractivity contribution >= 4 is 11.6 Å². The molecule has 23 heavy (non-hydrogen) atoms. The van der Waals surface area contributed by atoms with E-state index in [4.69, 9.17) is 0 Å². The Morgan fingerprint density at radius 3 is 2.70 bits per heavy atom. The molecule has 2 aromatic rings. The fraction of sp³-hybridized carbons (Fsp3) is 0.333. The number of aromatic nitrogens is 1. The van der Waals surface area contributed by atoms with E-state index in [0.29, 0.717) is 5.69 Å². The standard InChI is InChI=1S/C18H21N3O2/c1-3-21-10-9-16-13(12-21)11-15(18(23)20(16)2)17(22)19-14-7-5-4-6-8-14/h4-8,11H,3,9-10,12H2,1-2H3,(H,19,22). The molecule has 5 nitrogen and oxygen atoms in total. The summed E-state index contributed by atoms with van der Waals surface area (Å²) in [6.07, 6.45) is 0.843. The Morgan fingerprint density at radius 1 is 1.26 bits per heavy atom. The Kier molecular flexibility index (Phi) is 4.30. The van der Waals surface area contributed by atoms with Crippen LogP contribution < -0.4 is 10.9 Å². The van der Waals surface area contributed by atoms with Gasteiger partial charge in [0, 0.05) is 37.9 Å². The number of anilines is 1. The maximum absolute atomic E-state index is 12.5. The zero-order valence-electron chi connectivity index (χ0n) is 13.5. The summed E-state index contributed by atoms with van der Waals surface area (Å²) in [6, 6.07) is 10.9. The number of amides is 1. The minimum atomic E-state index is -0.353. The third kappa shape index (κ3) is 3.05. The lowest BCUT2D eigenvalue weighted by Crippen LogP contribution is -2.37. The average Bonchev–Trinajstić information content (AvgIpc) is 2.58. The minimum Gasteiger partial charge on any atom is -0.322 e. The lowest BCUT2D eigenvalue weighted by molar-refractivity contribution is 0.102. The molecule has 0 spiro atoms. The molecular formula is C18H21N3O2. The zero-order valence-corrected chi connectivity index (χ0v) is 13.5. The van der Waals surface area contributed by atoms with Gasteiger partial charge in [-0.15, -0.1) is 0 Å². The van der Waals surface area contributed by atoms with Crippen LogP contribution in [0.3, 0.4) is 0 Å². The fourth-order valence-electron chi connectivity index (χ4n) is 3.04. The van der Waals surface area contributed by atoms with Gasteiger partial charge in [-0.05, 0) is 30.3 Å². The third-order valence-electron chi connectivity index (χ3n) is 4.41. The molecule has 0 radical (unpaired) electrons. The van der Waals surface area contributed by atoms with Crippen LogP contribution in [0.15, 0.2) is 41.2 Å². The lowest BCUT2D eigenvalue weighted by atomic mass is 10.0. The maximum Gasteiger partial charge on any atom is 0.263 e. The molecule has 5 heteroatoms. The predicted octanol–water partition coefficient (Wildman–Crippen LogP) is 2.02. The van der Waals surface area contributed by atoms with Crippen molar-refractivity contribution in [1.82, 2.24) is 9.47 Å². The van der Waals surface area contributed by atoms with Gasteiger partial charge in [0.1, 0.15) is 5.56 Å². The fourth-order valence-corrected chi connectivity index (χ4v) is 3.04. The predicted molar refractivity (Wildman–Crippen MR) is 90.7 cm³/mol. The van der Waals surface area contributed by atoms with Crippen molar-refractivity contribution in [3.05, 3.63) is 63.6 Å². The highest BCUT2D eigenvalue weighted by Gasteiger charge is 2.22. The molecule has 1 aromatic heterocycles. The highest BCUT2D eigenvalue weighted by Crippen LogP contribution is 2.18. The molecule has 0 atom stereocenters. The van der Waals surface area contributed by atoms with Gasteiger partial charge < -0.3 is 9.88 Å². The number of likely N-dealkylation sites (N-methyl/N-ethyl adjacent to an activating group) is 1. The highest BCUT2D eigenvalue weighted by atomic mass is 16.2. The summed E-state index contributed by atoms with van der Waals surface area (Å²) in [4.78, 5) is 27.3. The molecule has 2 heterocycles. The number of benzene rings is 1. The first-order chi connectivity index (χ1) is 11.1. The van der Waals surface area contributed by atoms with Gasteiger partial charge in [-0.3, -0.25) is 14.5 Å². The number of para-hydroxylation sites is 1. The minimum absolute atomic E-state index is 0.202. The van der Waals surface area contributed by atoms with E-state index < -0.39 is 0 Å². The van der Waals surface area contributed by atoms with Crippen molar-refractivity contribution in [1.29, 1.82) is 0 Å². The Bertz CT molecular complexity index is 781. The number of carbonyl (C=O) groups is 1. The largest absolute Gasteiger partial charge is 0.322 e. The van der Waals surface area contributed by atoms with Crippen molar-refractivity contribution in [2.75, 3.05) is 18.4 Å². The summed E-state index contributed by atoms with van der Waals surface area (Å²) < 4.78 is 1.63. The van der Waals surface area contributed by atoms with Crippen LogP contribution in [0.5, 0.6) is 0 Å². The maximum atomic E-state index is 12.5. The Hall–Kier alpha value is -2.40. The van der Waals surface area contributed by atoms with Crippen LogP contribution in [0.4, 0.5) is 5.69 Å². The summed E-state index contributed by atoms with van der Waals surface area (Å²) in [7, 11) is 1.75. The molecule has 0 bridgehead atoms. The average molecular weight is 311 g/mol. The van der Waals surface area contributed by atoms with Crippen molar-refractivity contribution in [2.45, 2.75) is 19.9 Å². The second-order valence-corrected chi connectivity index (χ2v) is 5.83. The van der Waals surface area contributed by atoms with Gasteiger partial charge in [-0.1, -0.05) is 25.1 Å². The van der Waals surface area contributed by atoms with Crippen LogP contribution >= 0.6 is 0 Å². The molecule has 1 aromatic carbocycles. The summed E-state index contributed by atoms with van der Waals surface area (Å²) in [5.74, 6) is -0.353. The van der Waals surface area contributed by atoms with E-state index in [2.05, 4.69) is 17.1 Å². The lowest BCUT2D eigenvalue weighted by Gasteiger charge is -2.29. The highest BCUT2D eigenvalue weighted by molar-refractivity contribution is 6.04. The van der Waals surface area contributed by atoms with Crippen LogP contribution in [-0.2, 0) is 20.0 Å². The first-order valence-electron chi connectivity index (χ1n) is 7.90. The van der Waals surface area contributed by atoms with Crippen LogP contribution in [0, 0.1) is 0 Å². The first-order valence-corrected chi connectivity index (χ1v) is 7.90. The molecule has 1 amide bonds. The van der Waals surface area contributed by atoms with Gasteiger partial charge in [0.2, 0.25) is 0 Å². The summed E-state index contributed by atoms with van der Waals surface area (Å²) in [5, 5.41) is 2.79. The van der Waals surface area contributed by atoms with Crippen molar-refractivity contribution < 1.29 is 4.79 Å². The number of carbonyl (C=O) groups excluding carboxylic acids is 1. The van der Waals surface area contributed by atoms with Gasteiger partial charge in [-0.25, -0.2) is 0 Å². The van der Waals surface area contributed by atoms with E-state index in [9.17, 15) is 9.59 Å². The second kappa shape index (κ2) is 6.38. The van der Waals surface area contributed by atoms with Gasteiger partial charge in [0.15, 0.2) is 0 Å². The van der Waals surface area contributed by atoms with Gasteiger partial charge >= 0.3 is 0 Å². The molecule has 0 saturated carbocycles. The number of rotatable bonds is 3. The van der Waals surface area contributed by atoms with E-state index in [1.54, 1.807) is 29.8 Å². The van der Waals surface area contributed by atoms with Crippen LogP contribution in [0.2, 0.25) is 0 Å². The molecule has 0 fully saturated rings. The van der Waals surface area contributed by atoms with E-state index in [1.807, 2.05) is 18.2 Å². The van der Waals surface area contributed by atoms with Gasteiger partial charge in [-0.2, -0.15) is 0 Å². The smallest absolute Gasteiger partial charge is 0.263 e. The van der Waals surface area contributed by atoms with E-state index in [1.165, 1.54) is 0 Å². The SMILES string of the molecule is CCN1CCc2c(cc(C(=O)Nc3ccccc3)c(=O)n2C)C1. The summed E-state index contributed by atoms with van der Waals surface area (Å²) in [5.41, 5.74) is 2.76. The Morgan fingerprint density at radius 2 is 2.00 bits per heavy atom. The van der Waals surface area contributed by atoms with Gasteiger partial charge in [0.05, 0.1) is 0 Å². The molecule has 1 aliphatic rings. The zero-order chi connectivity index (χ0) is 16.4. The van der Waals surface area contributed by atoms with Crippen LogP contribution in [-0.4, -0.2) is 28.5 Å². The Labute approximate surface area is 135 Å². The van der Waals surface area contributed by atoms with E-state index in [0.717, 1.165) is 37.3 Å². The molecular weight excluding hydrogens is 290 g/mol. The van der Waals surface area contributed by atoms with Crippen molar-refractivity contribution in [3.63, 3.8) is 0 Å². The van der Waals surface area contributed by atoms with Crippen LogP contribution in [0.1, 0.15) is 28.5 Å². The van der Waals surface area contributed by atoms with Crippen molar-refractivity contribution in [2.24, 2.45) is 7.05 Å². The number of hydrogen-bond acceptors (Lipinski definition) is 3. The molecule has 1 N–H and O–H groups in total. The number of hydrogen-bond donors (Lipinski definition) is 1. The molecule has 0 aliphatic carbocycles. The monoisotopic (exact) mass is 311 g/mol. The molecule has 120 valence electrons. The number of nitrogens with zero attached hydrogens (tertiary/aromatic N) is 2. The molecule has 3 rings (SSSR count). The Balaban J connectivity index is 1.95. The number of fused-ring (bicyclic) bond motifs is 1. The first kappa shape index (κ1) is 15.5. The third-order valence-corrected chi connectivity index (χ3v) is 4.41. The summed E-state index contributed by atoms with van der Waals surface area (Å²) >= 11 is 0. The topological polar surface area (TPSA) is 54.3 Å². The number of nitrogens with one attached hydrogen (secondary N) is 1. The normalized spacial score (nSPS) is 14.3. The number of pyridine rings is 1. The second-order valence-electron chi connectivity index (χ2n) is 5.83. The van der Waals surface area contributed by atoms with E-state index >= 15 is 0 Å². The van der Waals surface area contributed by atoms with Crippen LogP contribution in [0.25, 0.3) is 0 Å².